The largest absolute Gasteiger partial charge is 0.453 e. The van der Waals surface area contributed by atoms with Gasteiger partial charge in [-0.3, -0.25) is 0 Å². The Hall–Kier alpha value is -8.34. The summed E-state index contributed by atoms with van der Waals surface area (Å²) in [6.07, 6.45) is 0. The topological polar surface area (TPSA) is 166 Å². The molecule has 9 rings (SSSR count). The standard InChI is InChI=1S/C42H16N8O/c43-17-23-1-5-37-31(9-23)32-10-24(18-44)2-6-38(32)49(37)29-13-27(21-47)41-35(15-29)36-16-30(14-28(22-48)42(36)51-41)50-39-7-3-25(19-45)11-33(39)34-12-26(20-46)4-8-40(34)50/h1-16H. The Labute approximate surface area is 288 Å². The van der Waals surface area contributed by atoms with Crippen molar-refractivity contribution in [1.29, 1.82) is 31.6 Å². The average molecular weight is 649 g/mol. The minimum Gasteiger partial charge on any atom is -0.453 e. The van der Waals surface area contributed by atoms with Gasteiger partial charge in [-0.15, -0.1) is 0 Å². The van der Waals surface area contributed by atoms with Crippen LogP contribution in [-0.4, -0.2) is 9.13 Å². The van der Waals surface area contributed by atoms with Crippen LogP contribution >= 0.6 is 0 Å². The van der Waals surface area contributed by atoms with Crippen molar-refractivity contribution in [2.45, 2.75) is 0 Å². The van der Waals surface area contributed by atoms with Crippen LogP contribution in [-0.2, 0) is 0 Å². The number of nitriles is 6. The summed E-state index contributed by atoms with van der Waals surface area (Å²) < 4.78 is 10.3. The molecule has 9 aromatic rings. The lowest BCUT2D eigenvalue weighted by atomic mass is 10.0. The first-order valence-corrected chi connectivity index (χ1v) is 15.6. The molecular weight excluding hydrogens is 633 g/mol. The Balaban J connectivity index is 1.38. The van der Waals surface area contributed by atoms with Crippen molar-refractivity contribution in [2.75, 3.05) is 0 Å². The summed E-state index contributed by atoms with van der Waals surface area (Å²) in [5.74, 6) is 0. The lowest BCUT2D eigenvalue weighted by Crippen LogP contribution is -1.96. The van der Waals surface area contributed by atoms with Crippen LogP contribution in [0.3, 0.4) is 0 Å². The first kappa shape index (κ1) is 28.8. The van der Waals surface area contributed by atoms with E-state index in [0.29, 0.717) is 55.6 Å². The van der Waals surface area contributed by atoms with E-state index in [1.807, 2.05) is 45.5 Å². The lowest BCUT2D eigenvalue weighted by Gasteiger charge is -2.10. The zero-order chi connectivity index (χ0) is 35.0. The molecule has 6 aromatic carbocycles. The fourth-order valence-electron chi connectivity index (χ4n) is 7.25. The predicted molar refractivity (Wildman–Crippen MR) is 191 cm³/mol. The molecule has 0 aliphatic rings. The summed E-state index contributed by atoms with van der Waals surface area (Å²) in [4.78, 5) is 0. The van der Waals surface area contributed by atoms with Crippen molar-refractivity contribution < 1.29 is 4.42 Å². The minimum atomic E-state index is 0.270. The van der Waals surface area contributed by atoms with E-state index in [2.05, 4.69) is 36.4 Å². The Kier molecular flexibility index (Phi) is 5.99. The van der Waals surface area contributed by atoms with Gasteiger partial charge >= 0.3 is 0 Å². The van der Waals surface area contributed by atoms with E-state index < -0.39 is 0 Å². The molecule has 51 heavy (non-hydrogen) atoms. The second-order valence-electron chi connectivity index (χ2n) is 12.1. The molecule has 230 valence electrons. The highest BCUT2D eigenvalue weighted by Crippen LogP contribution is 2.41. The van der Waals surface area contributed by atoms with Crippen LogP contribution in [0.15, 0.2) is 101 Å². The Morgan fingerprint density at radius 1 is 0.353 bits per heavy atom. The maximum Gasteiger partial charge on any atom is 0.153 e. The van der Waals surface area contributed by atoms with Gasteiger partial charge in [-0.05, 0) is 97.1 Å². The third-order valence-electron chi connectivity index (χ3n) is 9.45. The fourth-order valence-corrected chi connectivity index (χ4v) is 7.25. The molecule has 0 bridgehead atoms. The molecule has 0 atom stereocenters. The van der Waals surface area contributed by atoms with Crippen molar-refractivity contribution in [1.82, 2.24) is 9.13 Å². The molecule has 0 aliphatic carbocycles. The third kappa shape index (κ3) is 4.02. The van der Waals surface area contributed by atoms with Crippen LogP contribution in [0.25, 0.3) is 76.9 Å². The molecule has 0 saturated heterocycles. The molecule has 3 heterocycles. The van der Waals surface area contributed by atoms with E-state index in [1.165, 1.54) is 0 Å². The zero-order valence-corrected chi connectivity index (χ0v) is 26.2. The summed E-state index contributed by atoms with van der Waals surface area (Å²) in [6, 6.07) is 42.2. The van der Waals surface area contributed by atoms with Gasteiger partial charge in [0, 0.05) is 43.7 Å². The number of furan rings is 1. The zero-order valence-electron chi connectivity index (χ0n) is 26.2. The SMILES string of the molecule is N#Cc1ccc2c(c1)c1cc(C#N)ccc1n2-c1cc(C#N)c2oc3c(C#N)cc(-n4c5ccc(C#N)cc5c5cc(C#N)ccc54)cc3c2c1. The molecule has 0 amide bonds. The summed E-state index contributed by atoms with van der Waals surface area (Å²) in [6.45, 7) is 0. The van der Waals surface area contributed by atoms with Gasteiger partial charge in [-0.2, -0.15) is 31.6 Å². The molecule has 0 spiro atoms. The van der Waals surface area contributed by atoms with E-state index in [-0.39, 0.29) is 11.1 Å². The predicted octanol–water partition coefficient (Wildman–Crippen LogP) is 9.01. The number of fused-ring (bicyclic) bond motifs is 9. The molecule has 0 saturated carbocycles. The van der Waals surface area contributed by atoms with E-state index >= 15 is 0 Å². The number of hydrogen-bond acceptors (Lipinski definition) is 7. The minimum absolute atomic E-state index is 0.270. The smallest absolute Gasteiger partial charge is 0.153 e. The van der Waals surface area contributed by atoms with Crippen LogP contribution in [0.2, 0.25) is 0 Å². The molecule has 0 N–H and O–H groups in total. The van der Waals surface area contributed by atoms with E-state index in [0.717, 1.165) is 43.6 Å². The van der Waals surface area contributed by atoms with Gasteiger partial charge in [-0.1, -0.05) is 0 Å². The molecule has 9 heteroatoms. The number of rotatable bonds is 2. The highest BCUT2D eigenvalue weighted by atomic mass is 16.3. The van der Waals surface area contributed by atoms with Gasteiger partial charge in [-0.25, -0.2) is 0 Å². The highest BCUT2D eigenvalue weighted by molar-refractivity contribution is 6.14. The molecular formula is C42H16N8O. The molecule has 0 unspecified atom stereocenters. The van der Waals surface area contributed by atoms with E-state index in [9.17, 15) is 31.6 Å². The highest BCUT2D eigenvalue weighted by Gasteiger charge is 2.22. The fraction of sp³-hybridized carbons (Fsp3) is 0. The Morgan fingerprint density at radius 3 is 0.941 bits per heavy atom. The third-order valence-corrected chi connectivity index (χ3v) is 9.45. The van der Waals surface area contributed by atoms with Crippen LogP contribution < -0.4 is 0 Å². The number of nitrogens with zero attached hydrogens (tertiary/aromatic N) is 8. The van der Waals surface area contributed by atoms with Crippen molar-refractivity contribution >= 4 is 65.6 Å². The van der Waals surface area contributed by atoms with Gasteiger partial charge in [0.15, 0.2) is 11.2 Å². The summed E-state index contributed by atoms with van der Waals surface area (Å²) in [5.41, 5.74) is 7.58. The molecule has 0 fully saturated rings. The van der Waals surface area contributed by atoms with E-state index in [1.54, 1.807) is 60.7 Å². The van der Waals surface area contributed by atoms with Gasteiger partial charge in [0.1, 0.15) is 12.1 Å². The summed E-state index contributed by atoms with van der Waals surface area (Å²) in [5, 5.41) is 63.8. The Morgan fingerprint density at radius 2 is 0.667 bits per heavy atom. The van der Waals surface area contributed by atoms with Gasteiger partial charge in [0.2, 0.25) is 0 Å². The first-order valence-electron chi connectivity index (χ1n) is 15.6. The molecule has 3 aromatic heterocycles. The maximum absolute atomic E-state index is 10.4. The monoisotopic (exact) mass is 648 g/mol. The average Bonchev–Trinajstić information content (AvgIpc) is 3.83. The lowest BCUT2D eigenvalue weighted by molar-refractivity contribution is 0.666. The van der Waals surface area contributed by atoms with Crippen LogP contribution in [0, 0.1) is 68.0 Å². The van der Waals surface area contributed by atoms with Crippen molar-refractivity contribution in [3.8, 4) is 47.8 Å². The van der Waals surface area contributed by atoms with Gasteiger partial charge in [0.05, 0.1) is 79.7 Å². The van der Waals surface area contributed by atoms with E-state index in [4.69, 9.17) is 4.42 Å². The summed E-state index contributed by atoms with van der Waals surface area (Å²) in [7, 11) is 0. The van der Waals surface area contributed by atoms with Crippen LogP contribution in [0.1, 0.15) is 33.4 Å². The molecule has 9 nitrogen and oxygen atoms in total. The van der Waals surface area contributed by atoms with Crippen LogP contribution in [0.4, 0.5) is 0 Å². The Bertz CT molecular complexity index is 2970. The number of hydrogen-bond donors (Lipinski definition) is 0. The van der Waals surface area contributed by atoms with Crippen molar-refractivity contribution in [3.05, 3.63) is 130 Å². The van der Waals surface area contributed by atoms with Crippen molar-refractivity contribution in [2.24, 2.45) is 0 Å². The number of aromatic nitrogens is 2. The van der Waals surface area contributed by atoms with Crippen molar-refractivity contribution in [3.63, 3.8) is 0 Å². The normalized spacial score (nSPS) is 11.0. The number of benzene rings is 6. The molecule has 0 radical (unpaired) electrons. The maximum atomic E-state index is 10.4. The summed E-state index contributed by atoms with van der Waals surface area (Å²) >= 11 is 0. The van der Waals surface area contributed by atoms with Crippen LogP contribution in [0.5, 0.6) is 0 Å². The van der Waals surface area contributed by atoms with Gasteiger partial charge in [0.25, 0.3) is 0 Å². The second-order valence-corrected chi connectivity index (χ2v) is 12.1. The first-order chi connectivity index (χ1) is 25.0. The molecule has 0 aliphatic heterocycles. The quantitative estimate of drug-likeness (QED) is 0.180. The second kappa shape index (κ2) is 10.6. The van der Waals surface area contributed by atoms with Gasteiger partial charge < -0.3 is 13.6 Å².